The summed E-state index contributed by atoms with van der Waals surface area (Å²) in [6.45, 7) is 3.58. The van der Waals surface area contributed by atoms with Gasteiger partial charge in [0, 0.05) is 10.4 Å². The van der Waals surface area contributed by atoms with Crippen LogP contribution in [0, 0.1) is 6.92 Å². The first kappa shape index (κ1) is 12.6. The molecule has 0 radical (unpaired) electrons. The molecule has 0 fully saturated rings. The van der Waals surface area contributed by atoms with Crippen molar-refractivity contribution in [3.63, 3.8) is 0 Å². The highest BCUT2D eigenvalue weighted by atomic mass is 32.1. The lowest BCUT2D eigenvalue weighted by Crippen LogP contribution is -2.25. The lowest BCUT2D eigenvalue weighted by Gasteiger charge is -2.06. The molecule has 0 saturated carbocycles. The van der Waals surface area contributed by atoms with Crippen LogP contribution >= 0.6 is 11.3 Å². The summed E-state index contributed by atoms with van der Waals surface area (Å²) in [6, 6.07) is 9.22. The van der Waals surface area contributed by atoms with Gasteiger partial charge in [0.05, 0.1) is 5.69 Å². The Morgan fingerprint density at radius 3 is 2.67 bits per heavy atom. The van der Waals surface area contributed by atoms with E-state index in [4.69, 9.17) is 5.11 Å². The van der Waals surface area contributed by atoms with Gasteiger partial charge in [0.25, 0.3) is 0 Å². The van der Waals surface area contributed by atoms with Gasteiger partial charge in [0.2, 0.25) is 0 Å². The van der Waals surface area contributed by atoms with E-state index in [1.165, 1.54) is 11.3 Å². The van der Waals surface area contributed by atoms with Crippen LogP contribution in [0.15, 0.2) is 30.3 Å². The molecule has 5 heteroatoms. The summed E-state index contributed by atoms with van der Waals surface area (Å²) in [7, 11) is 0. The standard InChI is InChI=1S/C13H14N2O2S/c1-8(12(16)17)14-13-15-11(9(2)18-13)10-6-4-3-5-7-10/h3-8H,1-2H3,(H,14,15)(H,16,17). The monoisotopic (exact) mass is 262 g/mol. The van der Waals surface area contributed by atoms with Crippen molar-refractivity contribution >= 4 is 22.4 Å². The van der Waals surface area contributed by atoms with Gasteiger partial charge >= 0.3 is 5.97 Å². The van der Waals surface area contributed by atoms with E-state index in [1.54, 1.807) is 6.92 Å². The first-order valence-corrected chi connectivity index (χ1v) is 6.42. The van der Waals surface area contributed by atoms with Gasteiger partial charge < -0.3 is 10.4 Å². The van der Waals surface area contributed by atoms with Crippen LogP contribution in [0.1, 0.15) is 11.8 Å². The van der Waals surface area contributed by atoms with Crippen LogP contribution in [0.3, 0.4) is 0 Å². The molecule has 94 valence electrons. The minimum Gasteiger partial charge on any atom is -0.480 e. The van der Waals surface area contributed by atoms with E-state index in [0.29, 0.717) is 5.13 Å². The number of thiazole rings is 1. The third kappa shape index (κ3) is 2.68. The average molecular weight is 262 g/mol. The van der Waals surface area contributed by atoms with Crippen molar-refractivity contribution < 1.29 is 9.90 Å². The van der Waals surface area contributed by atoms with E-state index in [-0.39, 0.29) is 0 Å². The number of nitrogens with one attached hydrogen (secondary N) is 1. The normalized spacial score (nSPS) is 12.1. The van der Waals surface area contributed by atoms with E-state index in [0.717, 1.165) is 16.1 Å². The second kappa shape index (κ2) is 5.18. The Balaban J connectivity index is 2.25. The molecule has 1 atom stereocenters. The van der Waals surface area contributed by atoms with Crippen molar-refractivity contribution in [2.75, 3.05) is 5.32 Å². The summed E-state index contributed by atoms with van der Waals surface area (Å²) in [4.78, 5) is 16.3. The van der Waals surface area contributed by atoms with Gasteiger partial charge in [0.1, 0.15) is 6.04 Å². The summed E-state index contributed by atoms with van der Waals surface area (Å²) >= 11 is 1.47. The fraction of sp³-hybridized carbons (Fsp3) is 0.231. The molecule has 0 amide bonds. The Labute approximate surface area is 109 Å². The molecule has 0 aliphatic heterocycles. The van der Waals surface area contributed by atoms with Crippen LogP contribution in [0.2, 0.25) is 0 Å². The summed E-state index contributed by atoms with van der Waals surface area (Å²) in [5.41, 5.74) is 1.95. The number of hydrogen-bond donors (Lipinski definition) is 2. The highest BCUT2D eigenvalue weighted by Crippen LogP contribution is 2.30. The SMILES string of the molecule is Cc1sc(NC(C)C(=O)O)nc1-c1ccccc1. The van der Waals surface area contributed by atoms with Crippen LogP contribution < -0.4 is 5.32 Å². The van der Waals surface area contributed by atoms with Crippen molar-refractivity contribution in [2.24, 2.45) is 0 Å². The van der Waals surface area contributed by atoms with E-state index >= 15 is 0 Å². The highest BCUT2D eigenvalue weighted by Gasteiger charge is 2.14. The number of nitrogens with zero attached hydrogens (tertiary/aromatic N) is 1. The topological polar surface area (TPSA) is 62.2 Å². The maximum Gasteiger partial charge on any atom is 0.325 e. The van der Waals surface area contributed by atoms with Gasteiger partial charge in [-0.2, -0.15) is 0 Å². The molecule has 0 aliphatic rings. The third-order valence-corrected chi connectivity index (χ3v) is 3.46. The van der Waals surface area contributed by atoms with Crippen LogP contribution in [-0.4, -0.2) is 22.1 Å². The number of aryl methyl sites for hydroxylation is 1. The lowest BCUT2D eigenvalue weighted by molar-refractivity contribution is -0.137. The maximum atomic E-state index is 10.8. The van der Waals surface area contributed by atoms with Gasteiger partial charge in [0.15, 0.2) is 5.13 Å². The number of aromatic nitrogens is 1. The van der Waals surface area contributed by atoms with Crippen molar-refractivity contribution in [1.82, 2.24) is 4.98 Å². The second-order valence-electron chi connectivity index (χ2n) is 3.99. The summed E-state index contributed by atoms with van der Waals surface area (Å²) < 4.78 is 0. The van der Waals surface area contributed by atoms with Gasteiger partial charge in [-0.05, 0) is 13.8 Å². The van der Waals surface area contributed by atoms with Gasteiger partial charge in [-0.25, -0.2) is 4.98 Å². The first-order chi connectivity index (χ1) is 8.58. The second-order valence-corrected chi connectivity index (χ2v) is 5.20. The van der Waals surface area contributed by atoms with Gasteiger partial charge in [-0.15, -0.1) is 11.3 Å². The zero-order chi connectivity index (χ0) is 13.1. The molecule has 0 bridgehead atoms. The maximum absolute atomic E-state index is 10.8. The summed E-state index contributed by atoms with van der Waals surface area (Å²) in [5.74, 6) is -0.885. The quantitative estimate of drug-likeness (QED) is 0.889. The van der Waals surface area contributed by atoms with Crippen LogP contribution in [-0.2, 0) is 4.79 Å². The number of hydrogen-bond acceptors (Lipinski definition) is 4. The highest BCUT2D eigenvalue weighted by molar-refractivity contribution is 7.16. The van der Waals surface area contributed by atoms with E-state index in [9.17, 15) is 4.79 Å². The lowest BCUT2D eigenvalue weighted by atomic mass is 10.1. The number of carboxylic acids is 1. The molecule has 18 heavy (non-hydrogen) atoms. The zero-order valence-corrected chi connectivity index (χ0v) is 11.0. The molecule has 0 aliphatic carbocycles. The van der Waals surface area contributed by atoms with Gasteiger partial charge in [-0.3, -0.25) is 4.79 Å². The number of rotatable bonds is 4. The number of benzene rings is 1. The molecule has 1 heterocycles. The Hall–Kier alpha value is -1.88. The Kier molecular flexibility index (Phi) is 3.62. The van der Waals surface area contributed by atoms with Crippen molar-refractivity contribution in [3.8, 4) is 11.3 Å². The molecule has 1 aromatic heterocycles. The molecule has 1 unspecified atom stereocenters. The summed E-state index contributed by atoms with van der Waals surface area (Å²) in [5, 5.41) is 12.4. The number of carbonyl (C=O) groups is 1. The van der Waals surface area contributed by atoms with Crippen molar-refractivity contribution in [2.45, 2.75) is 19.9 Å². The summed E-state index contributed by atoms with van der Waals surface area (Å²) in [6.07, 6.45) is 0. The minimum atomic E-state index is -0.885. The average Bonchev–Trinajstić information content (AvgIpc) is 2.71. The molecule has 2 rings (SSSR count). The number of anilines is 1. The zero-order valence-electron chi connectivity index (χ0n) is 10.2. The van der Waals surface area contributed by atoms with Crippen LogP contribution in [0.25, 0.3) is 11.3 Å². The third-order valence-electron chi connectivity index (χ3n) is 2.55. The Morgan fingerprint density at radius 1 is 1.39 bits per heavy atom. The van der Waals surface area contributed by atoms with E-state index < -0.39 is 12.0 Å². The predicted molar refractivity (Wildman–Crippen MR) is 73.0 cm³/mol. The van der Waals surface area contributed by atoms with E-state index in [1.807, 2.05) is 37.3 Å². The minimum absolute atomic E-state index is 0.640. The number of aliphatic carboxylic acids is 1. The van der Waals surface area contributed by atoms with Crippen LogP contribution in [0.5, 0.6) is 0 Å². The molecule has 2 N–H and O–H groups in total. The van der Waals surface area contributed by atoms with Crippen LogP contribution in [0.4, 0.5) is 5.13 Å². The first-order valence-electron chi connectivity index (χ1n) is 5.60. The van der Waals surface area contributed by atoms with Gasteiger partial charge in [-0.1, -0.05) is 30.3 Å². The molecule has 2 aromatic rings. The van der Waals surface area contributed by atoms with Crippen molar-refractivity contribution in [1.29, 1.82) is 0 Å². The Morgan fingerprint density at radius 2 is 2.06 bits per heavy atom. The Bertz CT molecular complexity index is 551. The predicted octanol–water partition coefficient (Wildman–Crippen LogP) is 3.00. The molecule has 1 aromatic carbocycles. The number of carboxylic acid groups (broad SMARTS) is 1. The molecular weight excluding hydrogens is 248 g/mol. The fourth-order valence-corrected chi connectivity index (χ4v) is 2.49. The smallest absolute Gasteiger partial charge is 0.325 e. The largest absolute Gasteiger partial charge is 0.480 e. The molecular formula is C13H14N2O2S. The molecule has 0 saturated heterocycles. The van der Waals surface area contributed by atoms with E-state index in [2.05, 4.69) is 10.3 Å². The molecule has 4 nitrogen and oxygen atoms in total. The fourth-order valence-electron chi connectivity index (χ4n) is 1.57. The molecule has 0 spiro atoms. The van der Waals surface area contributed by atoms with Crippen molar-refractivity contribution in [3.05, 3.63) is 35.2 Å².